The molecule has 1 aromatic heterocycles. The van der Waals surface area contributed by atoms with Crippen molar-refractivity contribution in [2.24, 2.45) is 0 Å². The Morgan fingerprint density at radius 2 is 1.56 bits per heavy atom. The van der Waals surface area contributed by atoms with Crippen molar-refractivity contribution in [1.82, 2.24) is 4.57 Å². The van der Waals surface area contributed by atoms with Gasteiger partial charge in [-0.3, -0.25) is 9.59 Å². The van der Waals surface area contributed by atoms with E-state index in [1.807, 2.05) is 42.7 Å². The van der Waals surface area contributed by atoms with Gasteiger partial charge in [-0.2, -0.15) is 0 Å². The van der Waals surface area contributed by atoms with Crippen LogP contribution in [0.3, 0.4) is 0 Å². The smallest absolute Gasteiger partial charge is 0.272 e. The molecule has 5 nitrogen and oxygen atoms in total. The number of anilines is 2. The molecular formula is C20H21N3O2. The summed E-state index contributed by atoms with van der Waals surface area (Å²) < 4.78 is 2.03. The fourth-order valence-corrected chi connectivity index (χ4v) is 3.13. The number of aryl methyl sites for hydroxylation is 2. The molecular weight excluding hydrogens is 314 g/mol. The molecule has 0 radical (unpaired) electrons. The predicted molar refractivity (Wildman–Crippen MR) is 101 cm³/mol. The number of nitrogens with zero attached hydrogens (tertiary/aromatic N) is 1. The van der Waals surface area contributed by atoms with Crippen LogP contribution in [0.25, 0.3) is 10.9 Å². The summed E-state index contributed by atoms with van der Waals surface area (Å²) in [5.74, 6) is -0.261. The molecule has 0 atom stereocenters. The van der Waals surface area contributed by atoms with Gasteiger partial charge in [0.25, 0.3) is 5.91 Å². The highest BCUT2D eigenvalue weighted by Gasteiger charge is 2.19. The number of aromatic nitrogens is 1. The molecule has 0 bridgehead atoms. The molecule has 0 fully saturated rings. The van der Waals surface area contributed by atoms with Crippen LogP contribution in [0.2, 0.25) is 0 Å². The Balaban J connectivity index is 1.90. The van der Waals surface area contributed by atoms with Crippen LogP contribution in [0.4, 0.5) is 11.4 Å². The molecule has 0 unspecified atom stereocenters. The van der Waals surface area contributed by atoms with Gasteiger partial charge in [0.15, 0.2) is 0 Å². The Labute approximate surface area is 146 Å². The summed E-state index contributed by atoms with van der Waals surface area (Å²) in [6, 6.07) is 15.1. The first-order chi connectivity index (χ1) is 12.0. The van der Waals surface area contributed by atoms with Crippen LogP contribution in [0.5, 0.6) is 0 Å². The van der Waals surface area contributed by atoms with E-state index in [2.05, 4.69) is 10.6 Å². The molecule has 25 heavy (non-hydrogen) atoms. The summed E-state index contributed by atoms with van der Waals surface area (Å²) in [7, 11) is 0. The maximum atomic E-state index is 12.8. The van der Waals surface area contributed by atoms with Gasteiger partial charge in [-0.05, 0) is 49.7 Å². The minimum atomic E-state index is -0.136. The van der Waals surface area contributed by atoms with Crippen LogP contribution in [0.1, 0.15) is 29.9 Å². The minimum Gasteiger partial charge on any atom is -0.337 e. The zero-order chi connectivity index (χ0) is 18.0. The third-order valence-electron chi connectivity index (χ3n) is 4.22. The Kier molecular flexibility index (Phi) is 4.57. The van der Waals surface area contributed by atoms with E-state index >= 15 is 0 Å². The molecule has 0 aliphatic carbocycles. The lowest BCUT2D eigenvalue weighted by Crippen LogP contribution is -2.18. The van der Waals surface area contributed by atoms with E-state index in [1.165, 1.54) is 6.92 Å². The highest BCUT2D eigenvalue weighted by molar-refractivity contribution is 6.08. The fourth-order valence-electron chi connectivity index (χ4n) is 3.13. The quantitative estimate of drug-likeness (QED) is 0.751. The second-order valence-electron chi connectivity index (χ2n) is 5.95. The number of rotatable bonds is 4. The van der Waals surface area contributed by atoms with Crippen LogP contribution in [0, 0.1) is 6.92 Å². The molecule has 3 aromatic rings. The zero-order valence-electron chi connectivity index (χ0n) is 14.6. The number of carbonyl (C=O) groups excluding carboxylic acids is 2. The minimum absolute atomic E-state index is 0.125. The molecule has 0 aliphatic rings. The molecule has 5 heteroatoms. The summed E-state index contributed by atoms with van der Waals surface area (Å²) in [4.78, 5) is 23.9. The van der Waals surface area contributed by atoms with Gasteiger partial charge in [0, 0.05) is 35.7 Å². The van der Waals surface area contributed by atoms with E-state index in [4.69, 9.17) is 0 Å². The summed E-state index contributed by atoms with van der Waals surface area (Å²) in [6.07, 6.45) is 0. The van der Waals surface area contributed by atoms with Gasteiger partial charge in [0.05, 0.1) is 0 Å². The van der Waals surface area contributed by atoms with E-state index in [9.17, 15) is 9.59 Å². The van der Waals surface area contributed by atoms with Crippen molar-refractivity contribution in [3.8, 4) is 0 Å². The van der Waals surface area contributed by atoms with Gasteiger partial charge in [-0.15, -0.1) is 0 Å². The number of para-hydroxylation sites is 1. The van der Waals surface area contributed by atoms with Crippen molar-refractivity contribution >= 4 is 34.1 Å². The van der Waals surface area contributed by atoms with Gasteiger partial charge in [-0.25, -0.2) is 0 Å². The highest BCUT2D eigenvalue weighted by atomic mass is 16.2. The number of amides is 2. The summed E-state index contributed by atoms with van der Waals surface area (Å²) >= 11 is 0. The second kappa shape index (κ2) is 6.81. The molecule has 3 rings (SSSR count). The standard InChI is InChI=1S/C20H21N3O2/c1-4-23-18-8-6-5-7-17(18)13(2)19(23)20(25)22-16-11-9-15(10-12-16)21-14(3)24/h5-12H,4H2,1-3H3,(H,21,24)(H,22,25). The second-order valence-corrected chi connectivity index (χ2v) is 5.95. The van der Waals surface area contributed by atoms with Crippen LogP contribution >= 0.6 is 0 Å². The van der Waals surface area contributed by atoms with Gasteiger partial charge in [0.1, 0.15) is 5.69 Å². The number of nitrogens with one attached hydrogen (secondary N) is 2. The Bertz CT molecular complexity index is 939. The lowest BCUT2D eigenvalue weighted by molar-refractivity contribution is -0.114. The van der Waals surface area contributed by atoms with Crippen molar-refractivity contribution in [2.75, 3.05) is 10.6 Å². The van der Waals surface area contributed by atoms with Gasteiger partial charge < -0.3 is 15.2 Å². The number of hydrogen-bond acceptors (Lipinski definition) is 2. The van der Waals surface area contributed by atoms with E-state index in [1.54, 1.807) is 24.3 Å². The predicted octanol–water partition coefficient (Wildman–Crippen LogP) is 4.18. The molecule has 2 amide bonds. The Morgan fingerprint density at radius 1 is 0.960 bits per heavy atom. The van der Waals surface area contributed by atoms with Crippen molar-refractivity contribution < 1.29 is 9.59 Å². The van der Waals surface area contributed by atoms with Crippen LogP contribution in [0.15, 0.2) is 48.5 Å². The third kappa shape index (κ3) is 3.26. The third-order valence-corrected chi connectivity index (χ3v) is 4.22. The molecule has 0 saturated carbocycles. The first-order valence-corrected chi connectivity index (χ1v) is 8.28. The SMILES string of the molecule is CCn1c(C(=O)Nc2ccc(NC(C)=O)cc2)c(C)c2ccccc21. The lowest BCUT2D eigenvalue weighted by Gasteiger charge is -2.10. The van der Waals surface area contributed by atoms with Crippen molar-refractivity contribution in [2.45, 2.75) is 27.3 Å². The molecule has 1 heterocycles. The summed E-state index contributed by atoms with van der Waals surface area (Å²) in [6.45, 7) is 6.19. The number of carbonyl (C=O) groups is 2. The van der Waals surface area contributed by atoms with Gasteiger partial charge in [0.2, 0.25) is 5.91 Å². The first kappa shape index (κ1) is 16.8. The summed E-state index contributed by atoms with van der Waals surface area (Å²) in [5, 5.41) is 6.74. The zero-order valence-corrected chi connectivity index (χ0v) is 14.6. The van der Waals surface area contributed by atoms with E-state index < -0.39 is 0 Å². The van der Waals surface area contributed by atoms with E-state index in [0.717, 1.165) is 23.0 Å². The molecule has 128 valence electrons. The maximum Gasteiger partial charge on any atom is 0.272 e. The average molecular weight is 335 g/mol. The number of fused-ring (bicyclic) bond motifs is 1. The highest BCUT2D eigenvalue weighted by Crippen LogP contribution is 2.26. The number of benzene rings is 2. The number of hydrogen-bond donors (Lipinski definition) is 2. The van der Waals surface area contributed by atoms with Crippen molar-refractivity contribution in [3.63, 3.8) is 0 Å². The molecule has 0 aliphatic heterocycles. The largest absolute Gasteiger partial charge is 0.337 e. The molecule has 2 N–H and O–H groups in total. The lowest BCUT2D eigenvalue weighted by atomic mass is 10.1. The maximum absolute atomic E-state index is 12.8. The van der Waals surface area contributed by atoms with Gasteiger partial charge in [-0.1, -0.05) is 18.2 Å². The van der Waals surface area contributed by atoms with Crippen LogP contribution < -0.4 is 10.6 Å². The van der Waals surface area contributed by atoms with E-state index in [-0.39, 0.29) is 11.8 Å². The average Bonchev–Trinajstić information content (AvgIpc) is 2.89. The van der Waals surface area contributed by atoms with E-state index in [0.29, 0.717) is 17.1 Å². The van der Waals surface area contributed by atoms with Crippen molar-refractivity contribution in [1.29, 1.82) is 0 Å². The normalized spacial score (nSPS) is 10.7. The Hall–Kier alpha value is -3.08. The fraction of sp³-hybridized carbons (Fsp3) is 0.200. The first-order valence-electron chi connectivity index (χ1n) is 8.28. The summed E-state index contributed by atoms with van der Waals surface area (Å²) in [5.41, 5.74) is 4.10. The Morgan fingerprint density at radius 3 is 2.16 bits per heavy atom. The topological polar surface area (TPSA) is 63.1 Å². The van der Waals surface area contributed by atoms with Crippen LogP contribution in [-0.2, 0) is 11.3 Å². The van der Waals surface area contributed by atoms with Gasteiger partial charge >= 0.3 is 0 Å². The van der Waals surface area contributed by atoms with Crippen molar-refractivity contribution in [3.05, 3.63) is 59.8 Å². The molecule has 0 saturated heterocycles. The molecule has 0 spiro atoms. The monoisotopic (exact) mass is 335 g/mol. The van der Waals surface area contributed by atoms with Crippen LogP contribution in [-0.4, -0.2) is 16.4 Å². The molecule has 2 aromatic carbocycles.